The summed E-state index contributed by atoms with van der Waals surface area (Å²) in [6.07, 6.45) is 5.35. The molecule has 0 aliphatic carbocycles. The molecule has 2 aromatic heterocycles. The van der Waals surface area contributed by atoms with Gasteiger partial charge in [-0.25, -0.2) is 0 Å². The molecule has 3 N–H and O–H groups in total. The lowest BCUT2D eigenvalue weighted by molar-refractivity contribution is 0.369. The zero-order valence-electron chi connectivity index (χ0n) is 15.0. The highest BCUT2D eigenvalue weighted by Gasteiger charge is 2.23. The number of aromatic nitrogens is 4. The van der Waals surface area contributed by atoms with Gasteiger partial charge in [0.2, 0.25) is 11.8 Å². The Morgan fingerprint density at radius 2 is 2.24 bits per heavy atom. The molecule has 1 unspecified atom stereocenters. The van der Waals surface area contributed by atoms with Crippen LogP contribution in [0.25, 0.3) is 0 Å². The largest absolute Gasteiger partial charge is 0.370 e. The number of nitrogens with one attached hydrogen (secondary N) is 1. The van der Waals surface area contributed by atoms with Crippen LogP contribution in [0.2, 0.25) is 0 Å². The maximum Gasteiger partial charge on any atom is 0.223 e. The van der Waals surface area contributed by atoms with Crippen molar-refractivity contribution in [1.29, 1.82) is 0 Å². The Hall–Kier alpha value is -2.38. The standard InChI is InChI=1S/C17H27N7O/c1-3-4-7-19-14-10-16(22-17(18)21-14)24-8-5-6-13(11-24)9-15-20-12(2)25-23-15/h10,13H,3-9,11H2,1-2H3,(H3,18,19,21,22). The molecule has 8 heteroatoms. The Labute approximate surface area is 148 Å². The van der Waals surface area contributed by atoms with Crippen LogP contribution in [0.1, 0.15) is 44.3 Å². The van der Waals surface area contributed by atoms with Crippen LogP contribution in [-0.2, 0) is 6.42 Å². The lowest BCUT2D eigenvalue weighted by Crippen LogP contribution is -2.37. The molecule has 3 heterocycles. The van der Waals surface area contributed by atoms with Gasteiger partial charge in [-0.3, -0.25) is 0 Å². The van der Waals surface area contributed by atoms with Crippen molar-refractivity contribution in [2.24, 2.45) is 5.92 Å². The van der Waals surface area contributed by atoms with Crippen LogP contribution in [0.5, 0.6) is 0 Å². The van der Waals surface area contributed by atoms with Crippen molar-refractivity contribution in [3.8, 4) is 0 Å². The normalized spacial score (nSPS) is 17.7. The zero-order valence-corrected chi connectivity index (χ0v) is 15.0. The van der Waals surface area contributed by atoms with E-state index >= 15 is 0 Å². The lowest BCUT2D eigenvalue weighted by atomic mass is 9.94. The van der Waals surface area contributed by atoms with Crippen molar-refractivity contribution >= 4 is 17.6 Å². The van der Waals surface area contributed by atoms with E-state index in [0.29, 0.717) is 17.8 Å². The van der Waals surface area contributed by atoms with Crippen LogP contribution in [0, 0.1) is 12.8 Å². The molecule has 0 aromatic carbocycles. The van der Waals surface area contributed by atoms with Crippen molar-refractivity contribution in [2.45, 2.75) is 46.0 Å². The number of piperidine rings is 1. The van der Waals surface area contributed by atoms with E-state index in [1.54, 1.807) is 0 Å². The molecule has 8 nitrogen and oxygen atoms in total. The fourth-order valence-electron chi connectivity index (χ4n) is 3.22. The highest BCUT2D eigenvalue weighted by molar-refractivity contribution is 5.52. The van der Waals surface area contributed by atoms with E-state index in [-0.39, 0.29) is 0 Å². The first-order valence-electron chi connectivity index (χ1n) is 9.06. The minimum absolute atomic E-state index is 0.312. The Morgan fingerprint density at radius 3 is 3.00 bits per heavy atom. The van der Waals surface area contributed by atoms with E-state index in [0.717, 1.165) is 69.2 Å². The van der Waals surface area contributed by atoms with E-state index < -0.39 is 0 Å². The maximum atomic E-state index is 5.91. The fraction of sp³-hybridized carbons (Fsp3) is 0.647. The van der Waals surface area contributed by atoms with Crippen LogP contribution in [0.15, 0.2) is 10.6 Å². The van der Waals surface area contributed by atoms with Crippen molar-refractivity contribution in [1.82, 2.24) is 20.1 Å². The average molecular weight is 345 g/mol. The van der Waals surface area contributed by atoms with Gasteiger partial charge in [0.15, 0.2) is 5.82 Å². The predicted molar refractivity (Wildman–Crippen MR) is 97.5 cm³/mol. The van der Waals surface area contributed by atoms with Crippen molar-refractivity contribution in [2.75, 3.05) is 35.6 Å². The van der Waals surface area contributed by atoms with Gasteiger partial charge in [0.1, 0.15) is 11.6 Å². The molecule has 2 aromatic rings. The van der Waals surface area contributed by atoms with Gasteiger partial charge in [-0.05, 0) is 25.2 Å². The Balaban J connectivity index is 1.65. The minimum Gasteiger partial charge on any atom is -0.370 e. The first-order valence-corrected chi connectivity index (χ1v) is 9.06. The highest BCUT2D eigenvalue weighted by Crippen LogP contribution is 2.25. The molecule has 1 aliphatic rings. The molecular formula is C17H27N7O. The van der Waals surface area contributed by atoms with Gasteiger partial charge in [0, 0.05) is 39.0 Å². The van der Waals surface area contributed by atoms with Crippen molar-refractivity contribution in [3.63, 3.8) is 0 Å². The summed E-state index contributed by atoms with van der Waals surface area (Å²) in [5.41, 5.74) is 5.91. The Morgan fingerprint density at radius 1 is 1.36 bits per heavy atom. The topological polar surface area (TPSA) is 106 Å². The molecule has 1 aliphatic heterocycles. The molecule has 3 rings (SSSR count). The molecule has 0 saturated carbocycles. The third-order valence-electron chi connectivity index (χ3n) is 4.45. The number of unbranched alkanes of at least 4 members (excludes halogenated alkanes) is 1. The number of hydrogen-bond acceptors (Lipinski definition) is 8. The summed E-state index contributed by atoms with van der Waals surface area (Å²) >= 11 is 0. The van der Waals surface area contributed by atoms with Crippen molar-refractivity contribution in [3.05, 3.63) is 17.8 Å². The Bertz CT molecular complexity index is 687. The van der Waals surface area contributed by atoms with Gasteiger partial charge < -0.3 is 20.5 Å². The molecule has 1 atom stereocenters. The summed E-state index contributed by atoms with van der Waals surface area (Å²) in [6.45, 7) is 6.78. The SMILES string of the molecule is CCCCNc1cc(N2CCCC(Cc3noc(C)n3)C2)nc(N)n1. The summed E-state index contributed by atoms with van der Waals surface area (Å²) in [6, 6.07) is 1.99. The first kappa shape index (κ1) is 17.4. The smallest absolute Gasteiger partial charge is 0.223 e. The van der Waals surface area contributed by atoms with E-state index in [1.807, 2.05) is 13.0 Å². The summed E-state index contributed by atoms with van der Waals surface area (Å²) in [7, 11) is 0. The maximum absolute atomic E-state index is 5.91. The van der Waals surface area contributed by atoms with Gasteiger partial charge >= 0.3 is 0 Å². The molecule has 1 saturated heterocycles. The second-order valence-corrected chi connectivity index (χ2v) is 6.64. The lowest BCUT2D eigenvalue weighted by Gasteiger charge is -2.33. The van der Waals surface area contributed by atoms with Crippen molar-refractivity contribution < 1.29 is 4.52 Å². The molecule has 0 bridgehead atoms. The quantitative estimate of drug-likeness (QED) is 0.737. The molecule has 0 radical (unpaired) electrons. The van der Waals surface area contributed by atoms with E-state index in [2.05, 4.69) is 37.2 Å². The number of aryl methyl sites for hydroxylation is 1. The van der Waals surface area contributed by atoms with E-state index in [1.165, 1.54) is 0 Å². The third kappa shape index (κ3) is 4.80. The van der Waals surface area contributed by atoms with Gasteiger partial charge in [-0.1, -0.05) is 18.5 Å². The predicted octanol–water partition coefficient (Wildman–Crippen LogP) is 2.42. The number of nitrogen functional groups attached to an aromatic ring is 1. The van der Waals surface area contributed by atoms with Crippen LogP contribution in [0.4, 0.5) is 17.6 Å². The van der Waals surface area contributed by atoms with Crippen LogP contribution in [0.3, 0.4) is 0 Å². The molecule has 1 fully saturated rings. The number of nitrogens with zero attached hydrogens (tertiary/aromatic N) is 5. The van der Waals surface area contributed by atoms with Gasteiger partial charge in [0.25, 0.3) is 0 Å². The van der Waals surface area contributed by atoms with Crippen LogP contribution >= 0.6 is 0 Å². The Kier molecular flexibility index (Phi) is 5.67. The second kappa shape index (κ2) is 8.13. The highest BCUT2D eigenvalue weighted by atomic mass is 16.5. The molecular weight excluding hydrogens is 318 g/mol. The number of hydrogen-bond donors (Lipinski definition) is 2. The van der Waals surface area contributed by atoms with Gasteiger partial charge in [-0.15, -0.1) is 0 Å². The van der Waals surface area contributed by atoms with Gasteiger partial charge in [-0.2, -0.15) is 15.0 Å². The van der Waals surface area contributed by atoms with E-state index in [9.17, 15) is 0 Å². The zero-order chi connectivity index (χ0) is 17.6. The average Bonchev–Trinajstić information content (AvgIpc) is 3.00. The molecule has 0 amide bonds. The molecule has 25 heavy (non-hydrogen) atoms. The summed E-state index contributed by atoms with van der Waals surface area (Å²) in [5, 5.41) is 7.35. The summed E-state index contributed by atoms with van der Waals surface area (Å²) in [4.78, 5) is 15.3. The summed E-state index contributed by atoms with van der Waals surface area (Å²) < 4.78 is 5.08. The second-order valence-electron chi connectivity index (χ2n) is 6.64. The third-order valence-corrected chi connectivity index (χ3v) is 4.45. The van der Waals surface area contributed by atoms with Crippen LogP contribution < -0.4 is 16.0 Å². The summed E-state index contributed by atoms with van der Waals surface area (Å²) in [5.74, 6) is 3.89. The molecule has 136 valence electrons. The molecule has 0 spiro atoms. The number of anilines is 3. The minimum atomic E-state index is 0.312. The number of nitrogens with two attached hydrogens (primary N) is 1. The fourth-order valence-corrected chi connectivity index (χ4v) is 3.22. The number of rotatable bonds is 7. The first-order chi connectivity index (χ1) is 12.1. The van der Waals surface area contributed by atoms with Crippen LogP contribution in [-0.4, -0.2) is 39.7 Å². The van der Waals surface area contributed by atoms with Gasteiger partial charge in [0.05, 0.1) is 0 Å². The van der Waals surface area contributed by atoms with E-state index in [4.69, 9.17) is 10.3 Å². The monoisotopic (exact) mass is 345 g/mol.